The number of esters is 2. The van der Waals surface area contributed by atoms with Crippen LogP contribution in [0, 0.1) is 0 Å². The van der Waals surface area contributed by atoms with E-state index >= 15 is 0 Å². The Bertz CT molecular complexity index is 887. The van der Waals surface area contributed by atoms with Gasteiger partial charge in [0.05, 0.1) is 37.8 Å². The first-order valence-electron chi connectivity index (χ1n) is 8.49. The topological polar surface area (TPSA) is 82.9 Å². The number of methoxy groups -OCH3 is 2. The van der Waals surface area contributed by atoms with E-state index in [0.717, 1.165) is 17.9 Å². The number of carbonyl (C=O) groups is 2. The van der Waals surface area contributed by atoms with Crippen molar-refractivity contribution < 1.29 is 23.8 Å². The predicted octanol–water partition coefficient (Wildman–Crippen LogP) is 1.83. The normalized spacial score (nSPS) is 14.3. The van der Waals surface area contributed by atoms with Gasteiger partial charge in [-0.05, 0) is 12.1 Å². The Labute approximate surface area is 157 Å². The van der Waals surface area contributed by atoms with E-state index in [0.29, 0.717) is 5.69 Å². The summed E-state index contributed by atoms with van der Waals surface area (Å²) in [5.41, 5.74) is 1.72. The zero-order valence-electron chi connectivity index (χ0n) is 15.5. The first-order valence-corrected chi connectivity index (χ1v) is 8.49. The predicted molar refractivity (Wildman–Crippen MR) is 97.3 cm³/mol. The van der Waals surface area contributed by atoms with Crippen LogP contribution in [0.1, 0.15) is 12.7 Å². The summed E-state index contributed by atoms with van der Waals surface area (Å²) in [4.78, 5) is 30.7. The van der Waals surface area contributed by atoms with Crippen LogP contribution in [0.5, 0.6) is 0 Å². The Morgan fingerprint density at radius 3 is 2.52 bits per heavy atom. The van der Waals surface area contributed by atoms with Crippen LogP contribution < -0.4 is 4.90 Å². The minimum absolute atomic E-state index is 0.0267. The van der Waals surface area contributed by atoms with Crippen LogP contribution in [0.3, 0.4) is 0 Å². The lowest BCUT2D eigenvalue weighted by Gasteiger charge is -2.32. The second kappa shape index (κ2) is 8.05. The van der Waals surface area contributed by atoms with Gasteiger partial charge in [0, 0.05) is 18.8 Å². The monoisotopic (exact) mass is 371 g/mol. The lowest BCUT2D eigenvalue weighted by molar-refractivity contribution is -0.140. The van der Waals surface area contributed by atoms with Crippen molar-refractivity contribution in [1.82, 2.24) is 9.55 Å². The number of aromatic nitrogens is 2. The number of hydrogen-bond donors (Lipinski definition) is 0. The minimum Gasteiger partial charge on any atom is -0.466 e. The fourth-order valence-corrected chi connectivity index (χ4v) is 3.05. The lowest BCUT2D eigenvalue weighted by Crippen LogP contribution is -2.39. The zero-order chi connectivity index (χ0) is 19.4. The maximum Gasteiger partial charge on any atom is 0.355 e. The molecule has 0 spiro atoms. The van der Waals surface area contributed by atoms with Crippen molar-refractivity contribution in [2.75, 3.05) is 32.5 Å². The third-order valence-corrected chi connectivity index (χ3v) is 4.30. The van der Waals surface area contributed by atoms with Gasteiger partial charge < -0.3 is 23.7 Å². The molecule has 0 amide bonds. The summed E-state index contributed by atoms with van der Waals surface area (Å²) in [6.45, 7) is 2.08. The molecule has 8 nitrogen and oxygen atoms in total. The number of imidazole rings is 1. The molecule has 0 atom stereocenters. The average molecular weight is 371 g/mol. The largest absolute Gasteiger partial charge is 0.466 e. The minimum atomic E-state index is -0.630. The second-order valence-electron chi connectivity index (χ2n) is 5.77. The highest BCUT2D eigenvalue weighted by Crippen LogP contribution is 2.32. The van der Waals surface area contributed by atoms with E-state index in [1.165, 1.54) is 14.2 Å². The van der Waals surface area contributed by atoms with E-state index < -0.39 is 11.9 Å². The molecule has 0 unspecified atom stereocenters. The van der Waals surface area contributed by atoms with E-state index in [9.17, 15) is 9.59 Å². The molecule has 1 aliphatic rings. The van der Waals surface area contributed by atoms with Crippen LogP contribution in [0.25, 0.3) is 5.69 Å². The number of para-hydroxylation sites is 2. The standard InChI is InChI=1S/C19H21N3O5/c1-4-16-20-9-10-21(16)14-7-5-6-8-15(14)22-12-27-11-13(18(23)25-2)17(22)19(24)26-3/h5-10H,4,11-12H2,1-3H3. The van der Waals surface area contributed by atoms with E-state index in [2.05, 4.69) is 4.98 Å². The van der Waals surface area contributed by atoms with E-state index in [1.54, 1.807) is 11.1 Å². The number of hydrogen-bond acceptors (Lipinski definition) is 7. The highest BCUT2D eigenvalue weighted by molar-refractivity contribution is 6.03. The summed E-state index contributed by atoms with van der Waals surface area (Å²) >= 11 is 0. The fraction of sp³-hybridized carbons (Fsp3) is 0.316. The molecule has 1 aromatic carbocycles. The summed E-state index contributed by atoms with van der Waals surface area (Å²) < 4.78 is 17.2. The lowest BCUT2D eigenvalue weighted by atomic mass is 10.1. The summed E-state index contributed by atoms with van der Waals surface area (Å²) in [6, 6.07) is 7.51. The summed E-state index contributed by atoms with van der Waals surface area (Å²) in [6.07, 6.45) is 4.31. The molecule has 0 saturated carbocycles. The van der Waals surface area contributed by atoms with Crippen molar-refractivity contribution in [3.63, 3.8) is 0 Å². The van der Waals surface area contributed by atoms with Crippen molar-refractivity contribution >= 4 is 17.6 Å². The highest BCUT2D eigenvalue weighted by atomic mass is 16.5. The molecule has 0 bridgehead atoms. The fourth-order valence-electron chi connectivity index (χ4n) is 3.05. The van der Waals surface area contributed by atoms with Crippen LogP contribution >= 0.6 is 0 Å². The van der Waals surface area contributed by atoms with Gasteiger partial charge in [-0.2, -0.15) is 0 Å². The second-order valence-corrected chi connectivity index (χ2v) is 5.77. The van der Waals surface area contributed by atoms with E-state index in [-0.39, 0.29) is 24.6 Å². The summed E-state index contributed by atoms with van der Waals surface area (Å²) in [5, 5.41) is 0. The van der Waals surface area contributed by atoms with Crippen molar-refractivity contribution in [3.05, 3.63) is 53.8 Å². The molecular weight excluding hydrogens is 350 g/mol. The first-order chi connectivity index (χ1) is 13.1. The highest BCUT2D eigenvalue weighted by Gasteiger charge is 2.33. The SMILES string of the molecule is CCc1nccn1-c1ccccc1N1COCC(C(=O)OC)=C1C(=O)OC. The van der Waals surface area contributed by atoms with Crippen molar-refractivity contribution in [1.29, 1.82) is 0 Å². The number of rotatable bonds is 5. The Morgan fingerprint density at radius 1 is 1.15 bits per heavy atom. The van der Waals surface area contributed by atoms with Crippen LogP contribution in [-0.2, 0) is 30.2 Å². The molecule has 0 aliphatic carbocycles. The molecule has 0 saturated heterocycles. The van der Waals surface area contributed by atoms with Gasteiger partial charge in [-0.25, -0.2) is 14.6 Å². The van der Waals surface area contributed by atoms with Gasteiger partial charge in [0.15, 0.2) is 0 Å². The molecule has 2 heterocycles. The Hall–Kier alpha value is -3.13. The number of aryl methyl sites for hydroxylation is 1. The molecule has 0 radical (unpaired) electrons. The number of anilines is 1. The van der Waals surface area contributed by atoms with Gasteiger partial charge in [0.2, 0.25) is 0 Å². The van der Waals surface area contributed by atoms with Crippen molar-refractivity contribution in [3.8, 4) is 5.69 Å². The van der Waals surface area contributed by atoms with Gasteiger partial charge in [-0.15, -0.1) is 0 Å². The average Bonchev–Trinajstić information content (AvgIpc) is 3.20. The van der Waals surface area contributed by atoms with Gasteiger partial charge >= 0.3 is 11.9 Å². The molecule has 2 aromatic rings. The molecule has 27 heavy (non-hydrogen) atoms. The quantitative estimate of drug-likeness (QED) is 0.742. The van der Waals surface area contributed by atoms with E-state index in [4.69, 9.17) is 14.2 Å². The smallest absolute Gasteiger partial charge is 0.355 e. The van der Waals surface area contributed by atoms with Gasteiger partial charge in [0.1, 0.15) is 18.3 Å². The third kappa shape index (κ3) is 3.43. The number of benzene rings is 1. The van der Waals surface area contributed by atoms with Gasteiger partial charge in [-0.1, -0.05) is 19.1 Å². The molecule has 1 aromatic heterocycles. The molecule has 1 aliphatic heterocycles. The first kappa shape index (κ1) is 18.7. The summed E-state index contributed by atoms with van der Waals surface area (Å²) in [7, 11) is 2.53. The third-order valence-electron chi connectivity index (χ3n) is 4.30. The van der Waals surface area contributed by atoms with Crippen LogP contribution in [0.4, 0.5) is 5.69 Å². The zero-order valence-corrected chi connectivity index (χ0v) is 15.5. The number of ether oxygens (including phenoxy) is 3. The maximum atomic E-state index is 12.5. The Balaban J connectivity index is 2.18. The molecule has 3 rings (SSSR count). The number of nitrogens with zero attached hydrogens (tertiary/aromatic N) is 3. The molecule has 8 heteroatoms. The van der Waals surface area contributed by atoms with Crippen LogP contribution in [0.2, 0.25) is 0 Å². The number of carbonyl (C=O) groups excluding carboxylic acids is 2. The van der Waals surface area contributed by atoms with Gasteiger partial charge in [0.25, 0.3) is 0 Å². The van der Waals surface area contributed by atoms with Gasteiger partial charge in [-0.3, -0.25) is 0 Å². The van der Waals surface area contributed by atoms with Crippen molar-refractivity contribution in [2.45, 2.75) is 13.3 Å². The molecule has 0 N–H and O–H groups in total. The van der Waals surface area contributed by atoms with Crippen LogP contribution in [0.15, 0.2) is 47.9 Å². The van der Waals surface area contributed by atoms with E-state index in [1.807, 2.05) is 42.0 Å². The molecular formula is C19H21N3O5. The van der Waals surface area contributed by atoms with Crippen LogP contribution in [-0.4, -0.2) is 49.0 Å². The summed E-state index contributed by atoms with van der Waals surface area (Å²) in [5.74, 6) is -0.388. The van der Waals surface area contributed by atoms with Crippen molar-refractivity contribution in [2.24, 2.45) is 0 Å². The molecule has 0 fully saturated rings. The Morgan fingerprint density at radius 2 is 1.85 bits per heavy atom. The Kier molecular flexibility index (Phi) is 5.56. The maximum absolute atomic E-state index is 12.5. The molecule has 142 valence electrons.